The SMILES string of the molecule is CCOc1ccc(CNCCCO)cc1C. The summed E-state index contributed by atoms with van der Waals surface area (Å²) in [5, 5.41) is 11.9. The van der Waals surface area contributed by atoms with E-state index in [1.54, 1.807) is 0 Å². The highest BCUT2D eigenvalue weighted by atomic mass is 16.5. The maximum absolute atomic E-state index is 8.65. The predicted octanol–water partition coefficient (Wildman–Crippen LogP) is 1.87. The van der Waals surface area contributed by atoms with Crippen LogP contribution in [0.1, 0.15) is 24.5 Å². The molecular weight excluding hydrogens is 202 g/mol. The molecule has 0 aliphatic carbocycles. The fourth-order valence-electron chi connectivity index (χ4n) is 1.58. The first kappa shape index (κ1) is 13.0. The molecule has 0 radical (unpaired) electrons. The smallest absolute Gasteiger partial charge is 0.122 e. The van der Waals surface area contributed by atoms with Crippen molar-refractivity contribution in [2.24, 2.45) is 0 Å². The molecule has 16 heavy (non-hydrogen) atoms. The monoisotopic (exact) mass is 223 g/mol. The summed E-state index contributed by atoms with van der Waals surface area (Å²) in [6.07, 6.45) is 0.802. The lowest BCUT2D eigenvalue weighted by atomic mass is 10.1. The van der Waals surface area contributed by atoms with E-state index in [1.165, 1.54) is 11.1 Å². The molecule has 0 fully saturated rings. The van der Waals surface area contributed by atoms with Gasteiger partial charge in [-0.3, -0.25) is 0 Å². The molecule has 3 heteroatoms. The summed E-state index contributed by atoms with van der Waals surface area (Å²) in [4.78, 5) is 0. The normalized spacial score (nSPS) is 10.4. The molecule has 0 saturated carbocycles. The largest absolute Gasteiger partial charge is 0.494 e. The molecule has 0 aliphatic rings. The topological polar surface area (TPSA) is 41.5 Å². The molecule has 0 amide bonds. The highest BCUT2D eigenvalue weighted by Crippen LogP contribution is 2.18. The van der Waals surface area contributed by atoms with Crippen LogP contribution in [0.5, 0.6) is 5.75 Å². The number of hydrogen-bond donors (Lipinski definition) is 2. The van der Waals surface area contributed by atoms with Gasteiger partial charge in [-0.05, 0) is 44.0 Å². The van der Waals surface area contributed by atoms with Crippen molar-refractivity contribution < 1.29 is 9.84 Å². The van der Waals surface area contributed by atoms with E-state index in [9.17, 15) is 0 Å². The van der Waals surface area contributed by atoms with Gasteiger partial charge in [0.1, 0.15) is 5.75 Å². The molecule has 1 rings (SSSR count). The Morgan fingerprint density at radius 1 is 1.38 bits per heavy atom. The molecule has 2 N–H and O–H groups in total. The van der Waals surface area contributed by atoms with E-state index in [-0.39, 0.29) is 6.61 Å². The Kier molecular flexibility index (Phi) is 5.90. The van der Waals surface area contributed by atoms with Crippen LogP contribution in [0.2, 0.25) is 0 Å². The predicted molar refractivity (Wildman–Crippen MR) is 65.8 cm³/mol. The number of hydrogen-bond acceptors (Lipinski definition) is 3. The summed E-state index contributed by atoms with van der Waals surface area (Å²) in [5.41, 5.74) is 2.42. The zero-order chi connectivity index (χ0) is 11.8. The second kappa shape index (κ2) is 7.25. The van der Waals surface area contributed by atoms with E-state index in [2.05, 4.69) is 24.4 Å². The van der Waals surface area contributed by atoms with Gasteiger partial charge in [0.15, 0.2) is 0 Å². The molecule has 0 aliphatic heterocycles. The third-order valence-corrected chi connectivity index (χ3v) is 2.38. The van der Waals surface area contributed by atoms with Gasteiger partial charge in [-0.15, -0.1) is 0 Å². The van der Waals surface area contributed by atoms with E-state index in [4.69, 9.17) is 9.84 Å². The Labute approximate surface area is 97.4 Å². The van der Waals surface area contributed by atoms with Gasteiger partial charge in [0, 0.05) is 13.2 Å². The van der Waals surface area contributed by atoms with Gasteiger partial charge in [-0.25, -0.2) is 0 Å². The van der Waals surface area contributed by atoms with Gasteiger partial charge in [-0.1, -0.05) is 12.1 Å². The Morgan fingerprint density at radius 2 is 2.19 bits per heavy atom. The molecule has 1 aromatic rings. The lowest BCUT2D eigenvalue weighted by Gasteiger charge is -2.09. The fourth-order valence-corrected chi connectivity index (χ4v) is 1.58. The Balaban J connectivity index is 2.46. The number of aryl methyl sites for hydroxylation is 1. The second-order valence-electron chi connectivity index (χ2n) is 3.79. The molecule has 90 valence electrons. The van der Waals surface area contributed by atoms with Crippen LogP contribution in [0.3, 0.4) is 0 Å². The van der Waals surface area contributed by atoms with Crippen LogP contribution in [-0.2, 0) is 6.54 Å². The fraction of sp³-hybridized carbons (Fsp3) is 0.538. The van der Waals surface area contributed by atoms with Gasteiger partial charge < -0.3 is 15.2 Å². The lowest BCUT2D eigenvalue weighted by molar-refractivity contribution is 0.286. The molecule has 0 aromatic heterocycles. The molecule has 0 spiro atoms. The summed E-state index contributed by atoms with van der Waals surface area (Å²) >= 11 is 0. The van der Waals surface area contributed by atoms with Crippen molar-refractivity contribution in [2.45, 2.75) is 26.8 Å². The number of nitrogens with one attached hydrogen (secondary N) is 1. The number of rotatable bonds is 7. The first-order valence-electron chi connectivity index (χ1n) is 5.81. The van der Waals surface area contributed by atoms with Crippen LogP contribution in [-0.4, -0.2) is 24.9 Å². The Hall–Kier alpha value is -1.06. The molecule has 1 aromatic carbocycles. The number of benzene rings is 1. The van der Waals surface area contributed by atoms with E-state index < -0.39 is 0 Å². The number of aliphatic hydroxyl groups excluding tert-OH is 1. The lowest BCUT2D eigenvalue weighted by Crippen LogP contribution is -2.15. The number of aliphatic hydroxyl groups is 1. The van der Waals surface area contributed by atoms with Gasteiger partial charge in [0.05, 0.1) is 6.61 Å². The van der Waals surface area contributed by atoms with Crippen molar-refractivity contribution in [1.82, 2.24) is 5.32 Å². The first-order chi connectivity index (χ1) is 7.77. The van der Waals surface area contributed by atoms with Crippen LogP contribution >= 0.6 is 0 Å². The molecule has 0 atom stereocenters. The van der Waals surface area contributed by atoms with Crippen molar-refractivity contribution in [2.75, 3.05) is 19.8 Å². The van der Waals surface area contributed by atoms with Crippen LogP contribution < -0.4 is 10.1 Å². The molecule has 3 nitrogen and oxygen atoms in total. The number of ether oxygens (including phenoxy) is 1. The molecule has 0 unspecified atom stereocenters. The molecule has 0 bridgehead atoms. The summed E-state index contributed by atoms with van der Waals surface area (Å²) < 4.78 is 5.48. The average molecular weight is 223 g/mol. The summed E-state index contributed by atoms with van der Waals surface area (Å²) in [6, 6.07) is 6.22. The van der Waals surface area contributed by atoms with Crippen LogP contribution in [0, 0.1) is 6.92 Å². The highest BCUT2D eigenvalue weighted by Gasteiger charge is 2.00. The highest BCUT2D eigenvalue weighted by molar-refractivity contribution is 5.36. The van der Waals surface area contributed by atoms with Gasteiger partial charge in [0.2, 0.25) is 0 Å². The molecular formula is C13H21NO2. The van der Waals surface area contributed by atoms with E-state index in [0.717, 1.165) is 25.3 Å². The van der Waals surface area contributed by atoms with E-state index in [0.29, 0.717) is 6.61 Å². The van der Waals surface area contributed by atoms with Gasteiger partial charge in [-0.2, -0.15) is 0 Å². The van der Waals surface area contributed by atoms with Gasteiger partial charge >= 0.3 is 0 Å². The Bertz CT molecular complexity index is 313. The standard InChI is InChI=1S/C13H21NO2/c1-3-16-13-6-5-12(9-11(13)2)10-14-7-4-8-15/h5-6,9,14-15H,3-4,7-8,10H2,1-2H3. The second-order valence-corrected chi connectivity index (χ2v) is 3.79. The third-order valence-electron chi connectivity index (χ3n) is 2.38. The third kappa shape index (κ3) is 4.21. The summed E-state index contributed by atoms with van der Waals surface area (Å²) in [6.45, 7) is 6.69. The minimum absolute atomic E-state index is 0.245. The van der Waals surface area contributed by atoms with Crippen LogP contribution in [0.15, 0.2) is 18.2 Å². The zero-order valence-corrected chi connectivity index (χ0v) is 10.1. The minimum atomic E-state index is 0.245. The first-order valence-corrected chi connectivity index (χ1v) is 5.81. The Morgan fingerprint density at radius 3 is 2.81 bits per heavy atom. The van der Waals surface area contributed by atoms with Gasteiger partial charge in [0.25, 0.3) is 0 Å². The van der Waals surface area contributed by atoms with E-state index in [1.807, 2.05) is 13.0 Å². The minimum Gasteiger partial charge on any atom is -0.494 e. The van der Waals surface area contributed by atoms with Crippen molar-refractivity contribution in [3.63, 3.8) is 0 Å². The summed E-state index contributed by atoms with van der Waals surface area (Å²) in [5.74, 6) is 0.960. The molecule has 0 saturated heterocycles. The van der Waals surface area contributed by atoms with Crippen molar-refractivity contribution >= 4 is 0 Å². The van der Waals surface area contributed by atoms with E-state index >= 15 is 0 Å². The molecule has 0 heterocycles. The average Bonchev–Trinajstić information content (AvgIpc) is 2.28. The maximum atomic E-state index is 8.65. The quantitative estimate of drug-likeness (QED) is 0.693. The van der Waals surface area contributed by atoms with Crippen LogP contribution in [0.25, 0.3) is 0 Å². The van der Waals surface area contributed by atoms with Crippen molar-refractivity contribution in [3.05, 3.63) is 29.3 Å². The van der Waals surface area contributed by atoms with Crippen molar-refractivity contribution in [1.29, 1.82) is 0 Å². The zero-order valence-electron chi connectivity index (χ0n) is 10.1. The maximum Gasteiger partial charge on any atom is 0.122 e. The van der Waals surface area contributed by atoms with Crippen LogP contribution in [0.4, 0.5) is 0 Å². The van der Waals surface area contributed by atoms with Crippen molar-refractivity contribution in [3.8, 4) is 5.75 Å². The summed E-state index contributed by atoms with van der Waals surface area (Å²) in [7, 11) is 0.